The molecule has 39 heavy (non-hydrogen) atoms. The van der Waals surface area contributed by atoms with Gasteiger partial charge in [-0.05, 0) is 36.0 Å². The monoisotopic (exact) mass is 562 g/mol. The highest BCUT2D eigenvalue weighted by atomic mass is 32.2. The molecule has 1 aromatic carbocycles. The average molecular weight is 563 g/mol. The molecule has 1 aromatic heterocycles. The molecule has 5 atom stereocenters. The molecule has 0 aliphatic rings. The van der Waals surface area contributed by atoms with Gasteiger partial charge in [-0.2, -0.15) is 11.8 Å². The molecular formula is C26H38N6O6S. The maximum absolute atomic E-state index is 13.1. The van der Waals surface area contributed by atoms with E-state index < -0.39 is 60.2 Å². The van der Waals surface area contributed by atoms with Gasteiger partial charge in [0.15, 0.2) is 0 Å². The number of carboxylic acids is 1. The van der Waals surface area contributed by atoms with Crippen LogP contribution in [0.4, 0.5) is 0 Å². The highest BCUT2D eigenvalue weighted by Gasteiger charge is 2.32. The normalized spacial score (nSPS) is 15.0. The number of carbonyl (C=O) groups excluding carboxylic acids is 4. The van der Waals surface area contributed by atoms with Gasteiger partial charge in [0.05, 0.1) is 12.5 Å². The second-order valence-electron chi connectivity index (χ2n) is 9.45. The Bertz CT molecular complexity index is 1170. The quantitative estimate of drug-likeness (QED) is 0.150. The third-order valence-corrected chi connectivity index (χ3v) is 7.20. The molecule has 1 heterocycles. The Hall–Kier alpha value is -3.58. The summed E-state index contributed by atoms with van der Waals surface area (Å²) in [4.78, 5) is 65.6. The number of nitrogens with two attached hydrogens (primary N) is 2. The van der Waals surface area contributed by atoms with Crippen LogP contribution in [0.5, 0.6) is 0 Å². The van der Waals surface area contributed by atoms with Gasteiger partial charge in [-0.15, -0.1) is 0 Å². The minimum Gasteiger partial charge on any atom is -0.480 e. The van der Waals surface area contributed by atoms with Crippen molar-refractivity contribution in [3.05, 3.63) is 36.0 Å². The first-order valence-electron chi connectivity index (χ1n) is 12.7. The van der Waals surface area contributed by atoms with E-state index in [1.165, 1.54) is 11.8 Å². The van der Waals surface area contributed by atoms with Crippen molar-refractivity contribution in [2.45, 2.75) is 63.7 Å². The topological polar surface area (TPSA) is 209 Å². The Morgan fingerprint density at radius 2 is 1.62 bits per heavy atom. The number of primary amides is 1. The van der Waals surface area contributed by atoms with Crippen molar-refractivity contribution in [2.24, 2.45) is 17.4 Å². The highest BCUT2D eigenvalue weighted by Crippen LogP contribution is 2.19. The van der Waals surface area contributed by atoms with E-state index in [9.17, 15) is 29.1 Å². The molecular weight excluding hydrogens is 524 g/mol. The summed E-state index contributed by atoms with van der Waals surface area (Å²) < 4.78 is 0. The van der Waals surface area contributed by atoms with Gasteiger partial charge in [0.1, 0.15) is 18.1 Å². The Balaban J connectivity index is 2.18. The first kappa shape index (κ1) is 31.6. The summed E-state index contributed by atoms with van der Waals surface area (Å²) >= 11 is 1.46. The zero-order chi connectivity index (χ0) is 29.1. The fraction of sp³-hybridized carbons (Fsp3) is 0.500. The summed E-state index contributed by atoms with van der Waals surface area (Å²) in [5, 5.41) is 18.1. The Labute approximate surface area is 231 Å². The summed E-state index contributed by atoms with van der Waals surface area (Å²) in [6.45, 7) is 3.72. The fourth-order valence-electron chi connectivity index (χ4n) is 3.96. The summed E-state index contributed by atoms with van der Waals surface area (Å²) in [5.41, 5.74) is 12.8. The number of thioether (sulfide) groups is 1. The maximum Gasteiger partial charge on any atom is 0.326 e. The number of aromatic nitrogens is 1. The molecule has 13 heteroatoms. The molecule has 0 saturated carbocycles. The first-order valence-corrected chi connectivity index (χ1v) is 14.1. The van der Waals surface area contributed by atoms with Crippen molar-refractivity contribution >= 4 is 52.3 Å². The summed E-state index contributed by atoms with van der Waals surface area (Å²) in [6, 6.07) is 2.68. The van der Waals surface area contributed by atoms with Gasteiger partial charge in [0.2, 0.25) is 23.6 Å². The molecule has 0 bridgehead atoms. The highest BCUT2D eigenvalue weighted by molar-refractivity contribution is 7.98. The van der Waals surface area contributed by atoms with Gasteiger partial charge < -0.3 is 37.5 Å². The van der Waals surface area contributed by atoms with E-state index in [1.807, 2.05) is 44.4 Å². The van der Waals surface area contributed by atoms with E-state index >= 15 is 0 Å². The molecule has 0 radical (unpaired) electrons. The summed E-state index contributed by atoms with van der Waals surface area (Å²) in [5.74, 6) is -3.86. The smallest absolute Gasteiger partial charge is 0.326 e. The lowest BCUT2D eigenvalue weighted by molar-refractivity contribution is -0.142. The van der Waals surface area contributed by atoms with Crippen LogP contribution >= 0.6 is 11.8 Å². The van der Waals surface area contributed by atoms with Crippen LogP contribution in [0.2, 0.25) is 0 Å². The van der Waals surface area contributed by atoms with E-state index in [1.54, 1.807) is 6.20 Å². The minimum absolute atomic E-state index is 0.0395. The van der Waals surface area contributed by atoms with E-state index in [-0.39, 0.29) is 18.8 Å². The third kappa shape index (κ3) is 9.29. The van der Waals surface area contributed by atoms with Crippen LogP contribution in [-0.4, -0.2) is 75.9 Å². The third-order valence-electron chi connectivity index (χ3n) is 6.56. The van der Waals surface area contributed by atoms with Gasteiger partial charge in [0, 0.05) is 23.5 Å². The molecule has 5 unspecified atom stereocenters. The number of carbonyl (C=O) groups is 5. The van der Waals surface area contributed by atoms with Crippen molar-refractivity contribution in [3.8, 4) is 0 Å². The van der Waals surface area contributed by atoms with Crippen molar-refractivity contribution in [1.82, 2.24) is 20.9 Å². The maximum atomic E-state index is 13.1. The van der Waals surface area contributed by atoms with Crippen LogP contribution in [0.15, 0.2) is 30.5 Å². The number of carboxylic acid groups (broad SMARTS) is 1. The predicted molar refractivity (Wildman–Crippen MR) is 150 cm³/mol. The Morgan fingerprint density at radius 3 is 2.23 bits per heavy atom. The number of para-hydroxylation sites is 1. The summed E-state index contributed by atoms with van der Waals surface area (Å²) in [6.07, 6.45) is 3.81. The molecule has 0 saturated heterocycles. The number of aliphatic carboxylic acids is 1. The van der Waals surface area contributed by atoms with E-state index in [2.05, 4.69) is 20.9 Å². The molecule has 2 rings (SSSR count). The van der Waals surface area contributed by atoms with Crippen molar-refractivity contribution in [2.75, 3.05) is 12.0 Å². The van der Waals surface area contributed by atoms with E-state index in [0.29, 0.717) is 17.7 Å². The minimum atomic E-state index is -1.45. The van der Waals surface area contributed by atoms with Crippen LogP contribution in [0, 0.1) is 5.92 Å². The fourth-order valence-corrected chi connectivity index (χ4v) is 4.43. The lowest BCUT2D eigenvalue weighted by Crippen LogP contribution is -2.58. The van der Waals surface area contributed by atoms with Gasteiger partial charge in [-0.3, -0.25) is 19.2 Å². The lowest BCUT2D eigenvalue weighted by atomic mass is 9.99. The number of fused-ring (bicyclic) bond motifs is 1. The average Bonchev–Trinajstić information content (AvgIpc) is 3.31. The number of rotatable bonds is 16. The molecule has 0 fully saturated rings. The second-order valence-corrected chi connectivity index (χ2v) is 10.4. The predicted octanol–water partition coefficient (Wildman–Crippen LogP) is 0.251. The standard InChI is InChI=1S/C26H38N6O6S/c1-4-14(2)22(28)25(36)30-18(9-10-39-3)23(34)31-19(12-21(27)33)24(35)32-20(26(37)38)11-15-13-29-17-8-6-5-7-16(15)17/h5-8,13-14,18-20,22,29H,4,9-12,28H2,1-3H3,(H2,27,33)(H,30,36)(H,31,34)(H,32,35)(H,37,38). The first-order chi connectivity index (χ1) is 18.5. The van der Waals surface area contributed by atoms with Gasteiger partial charge in [-0.25, -0.2) is 4.79 Å². The molecule has 214 valence electrons. The zero-order valence-electron chi connectivity index (χ0n) is 22.4. The SMILES string of the molecule is CCC(C)C(N)C(=O)NC(CCSC)C(=O)NC(CC(N)=O)C(=O)NC(Cc1c[nH]c2ccccc12)C(=O)O. The molecule has 12 nitrogen and oxygen atoms in total. The van der Waals surface area contributed by atoms with Crippen molar-refractivity contribution in [1.29, 1.82) is 0 Å². The van der Waals surface area contributed by atoms with Gasteiger partial charge >= 0.3 is 5.97 Å². The van der Waals surface area contributed by atoms with Crippen LogP contribution in [0.25, 0.3) is 10.9 Å². The van der Waals surface area contributed by atoms with Gasteiger partial charge in [-0.1, -0.05) is 38.5 Å². The van der Waals surface area contributed by atoms with Crippen molar-refractivity contribution < 1.29 is 29.1 Å². The number of nitrogens with one attached hydrogen (secondary N) is 4. The molecule has 9 N–H and O–H groups in total. The van der Waals surface area contributed by atoms with Crippen molar-refractivity contribution in [3.63, 3.8) is 0 Å². The van der Waals surface area contributed by atoms with E-state index in [4.69, 9.17) is 11.5 Å². The summed E-state index contributed by atoms with van der Waals surface area (Å²) in [7, 11) is 0. The van der Waals surface area contributed by atoms with Gasteiger partial charge in [0.25, 0.3) is 0 Å². The largest absolute Gasteiger partial charge is 0.480 e. The molecule has 2 aromatic rings. The van der Waals surface area contributed by atoms with Crippen LogP contribution < -0.4 is 27.4 Å². The lowest BCUT2D eigenvalue weighted by Gasteiger charge is -2.25. The molecule has 0 aliphatic heterocycles. The molecule has 0 spiro atoms. The second kappa shape index (κ2) is 15.1. The number of amides is 4. The van der Waals surface area contributed by atoms with Crippen LogP contribution in [0.1, 0.15) is 38.7 Å². The number of H-pyrrole nitrogens is 1. The zero-order valence-corrected chi connectivity index (χ0v) is 23.2. The Morgan fingerprint density at radius 1 is 1.00 bits per heavy atom. The Kier molecular flexibility index (Phi) is 12.3. The van der Waals surface area contributed by atoms with E-state index in [0.717, 1.165) is 10.9 Å². The van der Waals surface area contributed by atoms with Crippen LogP contribution in [0.3, 0.4) is 0 Å². The molecule has 0 aliphatic carbocycles. The van der Waals surface area contributed by atoms with Crippen LogP contribution in [-0.2, 0) is 30.4 Å². The number of hydrogen-bond donors (Lipinski definition) is 7. The number of benzene rings is 1. The molecule has 4 amide bonds. The number of hydrogen-bond acceptors (Lipinski definition) is 7. The number of aromatic amines is 1.